The summed E-state index contributed by atoms with van der Waals surface area (Å²) < 4.78 is 5.79. The molecule has 1 N–H and O–H groups in total. The molecule has 1 aliphatic rings. The number of ether oxygens (including phenoxy) is 1. The highest BCUT2D eigenvalue weighted by atomic mass is 16.5. The Morgan fingerprint density at radius 1 is 1.37 bits per heavy atom. The zero-order valence-corrected chi connectivity index (χ0v) is 11.6. The number of rotatable bonds is 5. The molecule has 0 spiro atoms. The molecule has 4 heteroatoms. The fraction of sp³-hybridized carbons (Fsp3) is 0.533. The van der Waals surface area contributed by atoms with E-state index in [0.29, 0.717) is 26.1 Å². The van der Waals surface area contributed by atoms with Crippen LogP contribution in [-0.2, 0) is 4.79 Å². The summed E-state index contributed by atoms with van der Waals surface area (Å²) in [6, 6.07) is 6.05. The molecule has 1 amide bonds. The van der Waals surface area contributed by atoms with Crippen LogP contribution in [0.15, 0.2) is 18.2 Å². The molecule has 1 unspecified atom stereocenters. The number of para-hydroxylation sites is 1. The van der Waals surface area contributed by atoms with Crippen LogP contribution in [0.1, 0.15) is 17.5 Å². The predicted molar refractivity (Wildman–Crippen MR) is 73.2 cm³/mol. The van der Waals surface area contributed by atoms with Crippen LogP contribution in [0.25, 0.3) is 0 Å². The van der Waals surface area contributed by atoms with Gasteiger partial charge < -0.3 is 14.7 Å². The Kier molecular flexibility index (Phi) is 4.43. The Morgan fingerprint density at radius 3 is 2.63 bits per heavy atom. The van der Waals surface area contributed by atoms with Crippen molar-refractivity contribution in [3.63, 3.8) is 0 Å². The van der Waals surface area contributed by atoms with Gasteiger partial charge in [-0.05, 0) is 25.0 Å². The van der Waals surface area contributed by atoms with Crippen LogP contribution in [0, 0.1) is 19.8 Å². The van der Waals surface area contributed by atoms with Crippen molar-refractivity contribution in [3.8, 4) is 5.75 Å². The number of likely N-dealkylation sites (tertiary alicyclic amines) is 1. The second-order valence-corrected chi connectivity index (χ2v) is 5.16. The van der Waals surface area contributed by atoms with E-state index >= 15 is 0 Å². The normalized spacial score (nSPS) is 19.0. The molecule has 1 fully saturated rings. The Labute approximate surface area is 114 Å². The van der Waals surface area contributed by atoms with E-state index < -0.39 is 0 Å². The van der Waals surface area contributed by atoms with Gasteiger partial charge >= 0.3 is 0 Å². The van der Waals surface area contributed by atoms with E-state index in [1.165, 1.54) is 0 Å². The van der Waals surface area contributed by atoms with Gasteiger partial charge in [0.25, 0.3) is 0 Å². The molecule has 1 atom stereocenters. The van der Waals surface area contributed by atoms with E-state index in [0.717, 1.165) is 16.9 Å². The summed E-state index contributed by atoms with van der Waals surface area (Å²) in [5.41, 5.74) is 2.22. The van der Waals surface area contributed by atoms with Crippen LogP contribution >= 0.6 is 0 Å². The van der Waals surface area contributed by atoms with Crippen molar-refractivity contribution in [3.05, 3.63) is 29.3 Å². The molecule has 0 bridgehead atoms. The van der Waals surface area contributed by atoms with E-state index in [-0.39, 0.29) is 18.4 Å². The molecule has 1 aromatic carbocycles. The number of nitrogens with zero attached hydrogens (tertiary/aromatic N) is 1. The largest absolute Gasteiger partial charge is 0.491 e. The SMILES string of the molecule is Cc1cccc(C)c1OCCN1CC(CO)CC1=O. The van der Waals surface area contributed by atoms with Crippen LogP contribution in [0.4, 0.5) is 0 Å². The average molecular weight is 263 g/mol. The van der Waals surface area contributed by atoms with Gasteiger partial charge in [0.2, 0.25) is 5.91 Å². The van der Waals surface area contributed by atoms with Gasteiger partial charge in [0, 0.05) is 25.5 Å². The highest BCUT2D eigenvalue weighted by Crippen LogP contribution is 2.22. The van der Waals surface area contributed by atoms with Gasteiger partial charge in [-0.15, -0.1) is 0 Å². The number of carbonyl (C=O) groups excluding carboxylic acids is 1. The zero-order chi connectivity index (χ0) is 13.8. The molecular formula is C15H21NO3. The maximum atomic E-state index is 11.7. The second-order valence-electron chi connectivity index (χ2n) is 5.16. The lowest BCUT2D eigenvalue weighted by Crippen LogP contribution is -2.30. The Balaban J connectivity index is 1.86. The van der Waals surface area contributed by atoms with E-state index in [4.69, 9.17) is 9.84 Å². The molecule has 1 aliphatic heterocycles. The topological polar surface area (TPSA) is 49.8 Å². The lowest BCUT2D eigenvalue weighted by atomic mass is 10.1. The average Bonchev–Trinajstić information content (AvgIpc) is 2.74. The molecule has 1 saturated heterocycles. The predicted octanol–water partition coefficient (Wildman–Crippen LogP) is 1.52. The number of aliphatic hydroxyl groups excluding tert-OH is 1. The molecule has 2 rings (SSSR count). The highest BCUT2D eigenvalue weighted by Gasteiger charge is 2.28. The minimum atomic E-state index is 0.0833. The van der Waals surface area contributed by atoms with Gasteiger partial charge in [-0.25, -0.2) is 0 Å². The van der Waals surface area contributed by atoms with Gasteiger partial charge in [-0.1, -0.05) is 18.2 Å². The third kappa shape index (κ3) is 3.26. The van der Waals surface area contributed by atoms with Gasteiger partial charge in [0.1, 0.15) is 12.4 Å². The fourth-order valence-corrected chi connectivity index (χ4v) is 2.48. The van der Waals surface area contributed by atoms with E-state index in [9.17, 15) is 4.79 Å². The number of hydrogen-bond acceptors (Lipinski definition) is 3. The van der Waals surface area contributed by atoms with Gasteiger partial charge in [0.05, 0.1) is 6.54 Å². The van der Waals surface area contributed by atoms with Crippen molar-refractivity contribution < 1.29 is 14.6 Å². The first-order valence-electron chi connectivity index (χ1n) is 6.69. The Bertz CT molecular complexity index is 438. The molecule has 0 saturated carbocycles. The first-order chi connectivity index (χ1) is 9.11. The lowest BCUT2D eigenvalue weighted by molar-refractivity contribution is -0.128. The monoisotopic (exact) mass is 263 g/mol. The number of aliphatic hydroxyl groups is 1. The first-order valence-corrected chi connectivity index (χ1v) is 6.69. The van der Waals surface area contributed by atoms with E-state index in [2.05, 4.69) is 0 Å². The van der Waals surface area contributed by atoms with Crippen LogP contribution in [-0.4, -0.2) is 42.2 Å². The first kappa shape index (κ1) is 13.9. The summed E-state index contributed by atoms with van der Waals surface area (Å²) in [6.07, 6.45) is 0.458. The Hall–Kier alpha value is -1.55. The summed E-state index contributed by atoms with van der Waals surface area (Å²) in [4.78, 5) is 13.5. The number of benzene rings is 1. The number of amides is 1. The molecule has 4 nitrogen and oxygen atoms in total. The summed E-state index contributed by atoms with van der Waals surface area (Å²) in [7, 11) is 0. The van der Waals surface area contributed by atoms with Crippen LogP contribution in [0.5, 0.6) is 5.75 Å². The van der Waals surface area contributed by atoms with Gasteiger partial charge in [-0.2, -0.15) is 0 Å². The molecule has 0 aliphatic carbocycles. The minimum Gasteiger partial charge on any atom is -0.491 e. The van der Waals surface area contributed by atoms with Crippen molar-refractivity contribution in [1.29, 1.82) is 0 Å². The summed E-state index contributed by atoms with van der Waals surface area (Å²) >= 11 is 0. The van der Waals surface area contributed by atoms with Crippen molar-refractivity contribution >= 4 is 5.91 Å². The van der Waals surface area contributed by atoms with E-state index in [1.54, 1.807) is 4.90 Å². The van der Waals surface area contributed by atoms with Crippen LogP contribution in [0.3, 0.4) is 0 Å². The van der Waals surface area contributed by atoms with Gasteiger partial charge in [-0.3, -0.25) is 4.79 Å². The molecule has 104 valence electrons. The third-order valence-corrected chi connectivity index (χ3v) is 3.57. The molecule has 0 aromatic heterocycles. The molecule has 1 aromatic rings. The van der Waals surface area contributed by atoms with Crippen molar-refractivity contribution in [2.75, 3.05) is 26.3 Å². The minimum absolute atomic E-state index is 0.0833. The molecular weight excluding hydrogens is 242 g/mol. The zero-order valence-electron chi connectivity index (χ0n) is 11.6. The smallest absolute Gasteiger partial charge is 0.223 e. The molecule has 0 radical (unpaired) electrons. The maximum absolute atomic E-state index is 11.7. The summed E-state index contributed by atoms with van der Waals surface area (Å²) in [6.45, 7) is 5.85. The fourth-order valence-electron chi connectivity index (χ4n) is 2.48. The highest BCUT2D eigenvalue weighted by molar-refractivity contribution is 5.78. The number of carbonyl (C=O) groups is 1. The standard InChI is InChI=1S/C15H21NO3/c1-11-4-3-5-12(2)15(11)19-7-6-16-9-13(10-17)8-14(16)18/h3-5,13,17H,6-10H2,1-2H3. The van der Waals surface area contributed by atoms with Crippen molar-refractivity contribution in [1.82, 2.24) is 4.90 Å². The van der Waals surface area contributed by atoms with E-state index in [1.807, 2.05) is 32.0 Å². The number of aryl methyl sites for hydroxylation is 2. The van der Waals surface area contributed by atoms with Crippen molar-refractivity contribution in [2.24, 2.45) is 5.92 Å². The third-order valence-electron chi connectivity index (χ3n) is 3.57. The van der Waals surface area contributed by atoms with Crippen LogP contribution < -0.4 is 4.74 Å². The van der Waals surface area contributed by atoms with Crippen molar-refractivity contribution in [2.45, 2.75) is 20.3 Å². The lowest BCUT2D eigenvalue weighted by Gasteiger charge is -2.18. The quantitative estimate of drug-likeness (QED) is 0.876. The second kappa shape index (κ2) is 6.06. The Morgan fingerprint density at radius 2 is 2.05 bits per heavy atom. The summed E-state index contributed by atoms with van der Waals surface area (Å²) in [5, 5.41) is 9.07. The van der Waals surface area contributed by atoms with Gasteiger partial charge in [0.15, 0.2) is 0 Å². The molecule has 1 heterocycles. The maximum Gasteiger partial charge on any atom is 0.223 e. The number of hydrogen-bond donors (Lipinski definition) is 1. The molecule has 19 heavy (non-hydrogen) atoms. The van der Waals surface area contributed by atoms with Crippen LogP contribution in [0.2, 0.25) is 0 Å². The summed E-state index contributed by atoms with van der Waals surface area (Å²) in [5.74, 6) is 1.12.